The van der Waals surface area contributed by atoms with E-state index in [1.807, 2.05) is 24.3 Å². The third kappa shape index (κ3) is 6.34. The fraction of sp³-hybridized carbons (Fsp3) is 0.600. The molecule has 0 spiro atoms. The number of carbonyl (C=O) groups excluding carboxylic acids is 1. The molecule has 0 atom stereocenters. The molecule has 0 aromatic heterocycles. The summed E-state index contributed by atoms with van der Waals surface area (Å²) in [5.74, 6) is 0.543. The highest BCUT2D eigenvalue weighted by Crippen LogP contribution is 2.24. The Kier molecular flexibility index (Phi) is 8.36. The van der Waals surface area contributed by atoms with Crippen molar-refractivity contribution in [1.82, 2.24) is 0 Å². The molecule has 0 N–H and O–H groups in total. The molecular weight excluding hydrogens is 302 g/mol. The molecular formula is C20H29NO3. The number of nitrogens with zero attached hydrogens (tertiary/aromatic N) is 1. The molecule has 0 saturated carbocycles. The maximum atomic E-state index is 11.7. The van der Waals surface area contributed by atoms with E-state index < -0.39 is 0 Å². The summed E-state index contributed by atoms with van der Waals surface area (Å²) < 4.78 is 5.48. The van der Waals surface area contributed by atoms with Crippen LogP contribution in [0.2, 0.25) is 0 Å². The standard InChI is InChI=1S/C20H29NO3/c1-2-3-4-5-6-7-8-9-10-15-20(22)24-21-18-16-23-19-14-12-11-13-17(18)19/h11-14H,2-10,15-16H2,1H3/b21-18+. The van der Waals surface area contributed by atoms with Gasteiger partial charge in [0.2, 0.25) is 0 Å². The summed E-state index contributed by atoms with van der Waals surface area (Å²) in [5.41, 5.74) is 1.60. The van der Waals surface area contributed by atoms with E-state index in [0.29, 0.717) is 18.7 Å². The van der Waals surface area contributed by atoms with Crippen molar-refractivity contribution in [1.29, 1.82) is 0 Å². The van der Waals surface area contributed by atoms with Gasteiger partial charge in [-0.2, -0.15) is 0 Å². The number of fused-ring (bicyclic) bond motifs is 1. The minimum Gasteiger partial charge on any atom is -0.486 e. The maximum absolute atomic E-state index is 11.7. The van der Waals surface area contributed by atoms with Crippen LogP contribution in [0.1, 0.15) is 76.7 Å². The second-order valence-electron chi connectivity index (χ2n) is 6.36. The van der Waals surface area contributed by atoms with Gasteiger partial charge in [0, 0.05) is 12.0 Å². The summed E-state index contributed by atoms with van der Waals surface area (Å²) in [6, 6.07) is 7.65. The number of oxime groups is 1. The van der Waals surface area contributed by atoms with E-state index in [1.165, 1.54) is 44.9 Å². The summed E-state index contributed by atoms with van der Waals surface area (Å²) in [5, 5.41) is 3.96. The monoisotopic (exact) mass is 331 g/mol. The Hall–Kier alpha value is -1.84. The van der Waals surface area contributed by atoms with Crippen molar-refractivity contribution in [2.45, 2.75) is 71.1 Å². The first-order chi connectivity index (χ1) is 11.8. The Morgan fingerprint density at radius 3 is 2.46 bits per heavy atom. The van der Waals surface area contributed by atoms with Crippen LogP contribution in [0.5, 0.6) is 5.75 Å². The van der Waals surface area contributed by atoms with Crippen LogP contribution in [0, 0.1) is 0 Å². The second-order valence-corrected chi connectivity index (χ2v) is 6.36. The van der Waals surface area contributed by atoms with Crippen molar-refractivity contribution in [3.05, 3.63) is 29.8 Å². The molecule has 4 heteroatoms. The summed E-state index contributed by atoms with van der Waals surface area (Å²) in [6.07, 6.45) is 11.6. The zero-order valence-electron chi connectivity index (χ0n) is 14.8. The topological polar surface area (TPSA) is 47.9 Å². The summed E-state index contributed by atoms with van der Waals surface area (Å²) in [7, 11) is 0. The molecule has 0 bridgehead atoms. The lowest BCUT2D eigenvalue weighted by molar-refractivity contribution is -0.143. The number of unbranched alkanes of at least 4 members (excludes halogenated alkanes) is 8. The number of hydrogen-bond donors (Lipinski definition) is 0. The average Bonchev–Trinajstić information content (AvgIpc) is 3.02. The Bertz CT molecular complexity index is 539. The van der Waals surface area contributed by atoms with Gasteiger partial charge < -0.3 is 9.57 Å². The van der Waals surface area contributed by atoms with Gasteiger partial charge >= 0.3 is 5.97 Å². The molecule has 0 fully saturated rings. The summed E-state index contributed by atoms with van der Waals surface area (Å²) in [6.45, 7) is 2.60. The number of rotatable bonds is 11. The van der Waals surface area contributed by atoms with Crippen molar-refractivity contribution in [2.75, 3.05) is 6.61 Å². The molecule has 1 aliphatic rings. The predicted molar refractivity (Wildman–Crippen MR) is 96.4 cm³/mol. The minimum absolute atomic E-state index is 0.255. The lowest BCUT2D eigenvalue weighted by Gasteiger charge is -2.02. The first-order valence-corrected chi connectivity index (χ1v) is 9.30. The fourth-order valence-corrected chi connectivity index (χ4v) is 2.86. The molecule has 2 rings (SSSR count). The predicted octanol–water partition coefficient (Wildman–Crippen LogP) is 5.25. The highest BCUT2D eigenvalue weighted by molar-refractivity contribution is 6.06. The van der Waals surface area contributed by atoms with Crippen LogP contribution in [-0.4, -0.2) is 18.3 Å². The third-order valence-corrected chi connectivity index (χ3v) is 4.30. The van der Waals surface area contributed by atoms with Crippen LogP contribution in [0.15, 0.2) is 29.4 Å². The van der Waals surface area contributed by atoms with E-state index in [9.17, 15) is 4.79 Å². The van der Waals surface area contributed by atoms with Crippen molar-refractivity contribution in [2.24, 2.45) is 5.16 Å². The zero-order chi connectivity index (χ0) is 17.0. The summed E-state index contributed by atoms with van der Waals surface area (Å²) in [4.78, 5) is 16.8. The highest BCUT2D eigenvalue weighted by atomic mass is 16.7. The van der Waals surface area contributed by atoms with Crippen LogP contribution in [-0.2, 0) is 9.63 Å². The van der Waals surface area contributed by atoms with E-state index in [0.717, 1.165) is 24.2 Å². The first-order valence-electron chi connectivity index (χ1n) is 9.30. The Labute approximate surface area is 145 Å². The molecule has 0 unspecified atom stereocenters. The van der Waals surface area contributed by atoms with Gasteiger partial charge in [-0.05, 0) is 18.6 Å². The fourth-order valence-electron chi connectivity index (χ4n) is 2.86. The molecule has 132 valence electrons. The lowest BCUT2D eigenvalue weighted by Crippen LogP contribution is -2.07. The number of ether oxygens (including phenoxy) is 1. The van der Waals surface area contributed by atoms with Crippen LogP contribution >= 0.6 is 0 Å². The van der Waals surface area contributed by atoms with E-state index in [2.05, 4.69) is 12.1 Å². The van der Waals surface area contributed by atoms with Gasteiger partial charge in [-0.1, -0.05) is 75.6 Å². The Morgan fingerprint density at radius 2 is 1.71 bits per heavy atom. The number of hydrogen-bond acceptors (Lipinski definition) is 4. The third-order valence-electron chi connectivity index (χ3n) is 4.30. The van der Waals surface area contributed by atoms with Crippen molar-refractivity contribution in [3.63, 3.8) is 0 Å². The van der Waals surface area contributed by atoms with Crippen LogP contribution in [0.4, 0.5) is 0 Å². The van der Waals surface area contributed by atoms with Crippen LogP contribution < -0.4 is 4.74 Å². The zero-order valence-corrected chi connectivity index (χ0v) is 14.8. The van der Waals surface area contributed by atoms with E-state index >= 15 is 0 Å². The smallest absolute Gasteiger partial charge is 0.335 e. The van der Waals surface area contributed by atoms with Crippen LogP contribution in [0.25, 0.3) is 0 Å². The van der Waals surface area contributed by atoms with Gasteiger partial charge in [0.1, 0.15) is 18.1 Å². The lowest BCUT2D eigenvalue weighted by atomic mass is 10.1. The molecule has 0 radical (unpaired) electrons. The molecule has 1 aliphatic heterocycles. The molecule has 4 nitrogen and oxygen atoms in total. The molecule has 1 aromatic carbocycles. The number of benzene rings is 1. The van der Waals surface area contributed by atoms with E-state index in [4.69, 9.17) is 9.57 Å². The van der Waals surface area contributed by atoms with Gasteiger partial charge in [0.25, 0.3) is 0 Å². The highest BCUT2D eigenvalue weighted by Gasteiger charge is 2.19. The molecule has 1 aromatic rings. The molecule has 0 saturated heterocycles. The first kappa shape index (κ1) is 18.5. The van der Waals surface area contributed by atoms with Crippen LogP contribution in [0.3, 0.4) is 0 Å². The molecule has 0 aliphatic carbocycles. The normalized spacial score (nSPS) is 14.5. The number of carbonyl (C=O) groups is 1. The maximum Gasteiger partial charge on any atom is 0.335 e. The molecule has 1 heterocycles. The van der Waals surface area contributed by atoms with Gasteiger partial charge in [-0.15, -0.1) is 0 Å². The van der Waals surface area contributed by atoms with E-state index in [1.54, 1.807) is 0 Å². The largest absolute Gasteiger partial charge is 0.486 e. The minimum atomic E-state index is -0.255. The van der Waals surface area contributed by atoms with Gasteiger partial charge in [-0.25, -0.2) is 4.79 Å². The van der Waals surface area contributed by atoms with Gasteiger partial charge in [0.15, 0.2) is 0 Å². The molecule has 24 heavy (non-hydrogen) atoms. The number of para-hydroxylation sites is 1. The summed E-state index contributed by atoms with van der Waals surface area (Å²) >= 11 is 0. The van der Waals surface area contributed by atoms with Crippen molar-refractivity contribution < 1.29 is 14.4 Å². The Morgan fingerprint density at radius 1 is 1.04 bits per heavy atom. The van der Waals surface area contributed by atoms with E-state index in [-0.39, 0.29) is 5.97 Å². The van der Waals surface area contributed by atoms with Crippen molar-refractivity contribution >= 4 is 11.7 Å². The Balaban J connectivity index is 1.54. The quantitative estimate of drug-likeness (QED) is 0.316. The SMILES string of the molecule is CCCCCCCCCCCC(=O)O/N=C1\COc2ccccc21. The van der Waals surface area contributed by atoms with Crippen molar-refractivity contribution in [3.8, 4) is 5.75 Å². The average molecular weight is 331 g/mol. The second kappa shape index (κ2) is 10.8. The van der Waals surface area contributed by atoms with Gasteiger partial charge in [-0.3, -0.25) is 0 Å². The molecule has 0 amide bonds. The van der Waals surface area contributed by atoms with Gasteiger partial charge in [0.05, 0.1) is 0 Å².